The highest BCUT2D eigenvalue weighted by Crippen LogP contribution is 2.33. The first-order valence-corrected chi connectivity index (χ1v) is 6.31. The van der Waals surface area contributed by atoms with E-state index < -0.39 is 12.1 Å². The Bertz CT molecular complexity index is 388. The van der Waals surface area contributed by atoms with E-state index >= 15 is 0 Å². The van der Waals surface area contributed by atoms with Gasteiger partial charge in [-0.1, -0.05) is 0 Å². The number of thiophene rings is 1. The molecule has 1 aromatic heterocycles. The van der Waals surface area contributed by atoms with Crippen LogP contribution in [0.5, 0.6) is 0 Å². The molecule has 2 rings (SSSR count). The quantitative estimate of drug-likeness (QED) is 0.762. The van der Waals surface area contributed by atoms with E-state index in [-0.39, 0.29) is 18.9 Å². The second-order valence-electron chi connectivity index (χ2n) is 4.14. The second-order valence-corrected chi connectivity index (χ2v) is 4.92. The largest absolute Gasteiger partial charge is 0.393 e. The fourth-order valence-electron chi connectivity index (χ4n) is 2.00. The first kappa shape index (κ1) is 12.4. The highest BCUT2D eigenvalue weighted by atomic mass is 32.1. The molecule has 1 fully saturated rings. The summed E-state index contributed by atoms with van der Waals surface area (Å²) in [7, 11) is 0. The molecule has 0 aliphatic carbocycles. The zero-order valence-electron chi connectivity index (χ0n) is 9.04. The molecule has 0 saturated carbocycles. The molecule has 0 bridgehead atoms. The van der Waals surface area contributed by atoms with Gasteiger partial charge in [0, 0.05) is 18.5 Å². The van der Waals surface area contributed by atoms with Crippen LogP contribution in [0.1, 0.15) is 23.2 Å². The Morgan fingerprint density at radius 2 is 2.24 bits per heavy atom. The van der Waals surface area contributed by atoms with Crippen molar-refractivity contribution in [3.8, 4) is 0 Å². The summed E-state index contributed by atoms with van der Waals surface area (Å²) in [6.45, 7) is 0.208. The van der Waals surface area contributed by atoms with Gasteiger partial charge in [-0.15, -0.1) is 0 Å². The lowest BCUT2D eigenvalue weighted by atomic mass is 9.97. The van der Waals surface area contributed by atoms with Crippen LogP contribution >= 0.6 is 11.3 Å². The van der Waals surface area contributed by atoms with Gasteiger partial charge in [-0.25, -0.2) is 0 Å². The highest BCUT2D eigenvalue weighted by molar-refractivity contribution is 7.08. The smallest absolute Gasteiger partial charge is 0.338 e. The summed E-state index contributed by atoms with van der Waals surface area (Å²) in [6.07, 6.45) is -3.66. The van der Waals surface area contributed by atoms with Crippen LogP contribution in [0.15, 0.2) is 16.8 Å². The standard InChI is InChI=1S/C11H12F3NOS/c12-11(13,14)9-2-1-4-15(6-9)10(16)8-3-5-17-7-8/h3,5,7,9H,1-2,4,6H2/t9-/m1/s1. The van der Waals surface area contributed by atoms with Crippen molar-refractivity contribution in [2.45, 2.75) is 19.0 Å². The molecule has 6 heteroatoms. The zero-order chi connectivity index (χ0) is 12.5. The molecule has 1 amide bonds. The van der Waals surface area contributed by atoms with Crippen molar-refractivity contribution in [1.82, 2.24) is 4.90 Å². The van der Waals surface area contributed by atoms with E-state index in [0.29, 0.717) is 18.5 Å². The van der Waals surface area contributed by atoms with Crippen LogP contribution in [-0.4, -0.2) is 30.1 Å². The Labute approximate surface area is 101 Å². The van der Waals surface area contributed by atoms with Gasteiger partial charge >= 0.3 is 6.18 Å². The maximum atomic E-state index is 12.6. The van der Waals surface area contributed by atoms with E-state index in [1.165, 1.54) is 16.2 Å². The lowest BCUT2D eigenvalue weighted by Gasteiger charge is -2.33. The molecule has 1 aliphatic heterocycles. The third kappa shape index (κ3) is 2.80. The van der Waals surface area contributed by atoms with Crippen molar-refractivity contribution in [1.29, 1.82) is 0 Å². The second kappa shape index (κ2) is 4.68. The number of carbonyl (C=O) groups is 1. The zero-order valence-corrected chi connectivity index (χ0v) is 9.85. The van der Waals surface area contributed by atoms with Gasteiger partial charge in [-0.2, -0.15) is 24.5 Å². The van der Waals surface area contributed by atoms with Crippen molar-refractivity contribution in [2.24, 2.45) is 5.92 Å². The number of likely N-dealkylation sites (tertiary alicyclic amines) is 1. The third-order valence-electron chi connectivity index (χ3n) is 2.94. The van der Waals surface area contributed by atoms with Crippen LogP contribution in [-0.2, 0) is 0 Å². The molecule has 0 unspecified atom stereocenters. The number of halogens is 3. The summed E-state index contributed by atoms with van der Waals surface area (Å²) < 4.78 is 37.8. The Morgan fingerprint density at radius 3 is 2.82 bits per heavy atom. The van der Waals surface area contributed by atoms with Crippen molar-refractivity contribution in [3.05, 3.63) is 22.4 Å². The van der Waals surface area contributed by atoms with E-state index in [4.69, 9.17) is 0 Å². The minimum atomic E-state index is -4.20. The van der Waals surface area contributed by atoms with Crippen LogP contribution in [0.3, 0.4) is 0 Å². The maximum absolute atomic E-state index is 12.6. The van der Waals surface area contributed by atoms with Crippen LogP contribution in [0, 0.1) is 5.92 Å². The first-order chi connectivity index (χ1) is 7.98. The topological polar surface area (TPSA) is 20.3 Å². The average Bonchev–Trinajstić information content (AvgIpc) is 2.80. The fraction of sp³-hybridized carbons (Fsp3) is 0.545. The molecule has 2 nitrogen and oxygen atoms in total. The van der Waals surface area contributed by atoms with Gasteiger partial charge in [0.1, 0.15) is 0 Å². The first-order valence-electron chi connectivity index (χ1n) is 5.36. The summed E-state index contributed by atoms with van der Waals surface area (Å²) in [4.78, 5) is 13.2. The van der Waals surface area contributed by atoms with E-state index in [0.717, 1.165) is 0 Å². The van der Waals surface area contributed by atoms with Gasteiger partial charge in [-0.3, -0.25) is 4.79 Å². The van der Waals surface area contributed by atoms with Gasteiger partial charge in [0.15, 0.2) is 0 Å². The molecule has 2 heterocycles. The molecule has 94 valence electrons. The molecule has 0 N–H and O–H groups in total. The van der Waals surface area contributed by atoms with E-state index in [2.05, 4.69) is 0 Å². The minimum absolute atomic E-state index is 0.122. The summed E-state index contributed by atoms with van der Waals surface area (Å²) in [5.74, 6) is -1.67. The van der Waals surface area contributed by atoms with Crippen LogP contribution in [0.4, 0.5) is 13.2 Å². The Balaban J connectivity index is 2.05. The number of carbonyl (C=O) groups excluding carboxylic acids is 1. The van der Waals surface area contributed by atoms with Crippen molar-refractivity contribution in [3.63, 3.8) is 0 Å². The van der Waals surface area contributed by atoms with Crippen molar-refractivity contribution < 1.29 is 18.0 Å². The maximum Gasteiger partial charge on any atom is 0.393 e. The van der Waals surface area contributed by atoms with Crippen molar-refractivity contribution in [2.75, 3.05) is 13.1 Å². The average molecular weight is 263 g/mol. The normalized spacial score (nSPS) is 21.6. The van der Waals surface area contributed by atoms with E-state index in [1.54, 1.807) is 16.8 Å². The highest BCUT2D eigenvalue weighted by Gasteiger charge is 2.42. The molecule has 1 atom stereocenters. The number of hydrogen-bond acceptors (Lipinski definition) is 2. The molecule has 0 spiro atoms. The van der Waals surface area contributed by atoms with Crippen LogP contribution in [0.25, 0.3) is 0 Å². The summed E-state index contributed by atoms with van der Waals surface area (Å²) in [5, 5.41) is 3.41. The summed E-state index contributed by atoms with van der Waals surface area (Å²) in [5.41, 5.74) is 0.484. The molecule has 1 saturated heterocycles. The van der Waals surface area contributed by atoms with Gasteiger partial charge in [0.05, 0.1) is 11.5 Å². The molecular formula is C11H12F3NOS. The third-order valence-corrected chi connectivity index (χ3v) is 3.62. The summed E-state index contributed by atoms with van der Waals surface area (Å²) >= 11 is 1.37. The molecule has 17 heavy (non-hydrogen) atoms. The van der Waals surface area contributed by atoms with Gasteiger partial charge < -0.3 is 4.90 Å². The number of amides is 1. The minimum Gasteiger partial charge on any atom is -0.338 e. The number of nitrogens with zero attached hydrogens (tertiary/aromatic N) is 1. The number of alkyl halides is 3. The molecule has 0 aromatic carbocycles. The lowest BCUT2D eigenvalue weighted by molar-refractivity contribution is -0.184. The number of rotatable bonds is 1. The lowest BCUT2D eigenvalue weighted by Crippen LogP contribution is -2.44. The monoisotopic (exact) mass is 263 g/mol. The molecule has 0 radical (unpaired) electrons. The van der Waals surface area contributed by atoms with Crippen molar-refractivity contribution >= 4 is 17.2 Å². The Kier molecular flexibility index (Phi) is 3.42. The fourth-order valence-corrected chi connectivity index (χ4v) is 2.63. The predicted octanol–water partition coefficient (Wildman–Crippen LogP) is 3.16. The van der Waals surface area contributed by atoms with Gasteiger partial charge in [-0.05, 0) is 24.3 Å². The molecule has 1 aliphatic rings. The molecule has 1 aromatic rings. The van der Waals surface area contributed by atoms with Crippen LogP contribution in [0.2, 0.25) is 0 Å². The predicted molar refractivity (Wildman–Crippen MR) is 59.0 cm³/mol. The van der Waals surface area contributed by atoms with Gasteiger partial charge in [0.2, 0.25) is 0 Å². The van der Waals surface area contributed by atoms with Crippen LogP contribution < -0.4 is 0 Å². The van der Waals surface area contributed by atoms with Gasteiger partial charge in [0.25, 0.3) is 5.91 Å². The molecular weight excluding hydrogens is 251 g/mol. The number of piperidine rings is 1. The Morgan fingerprint density at radius 1 is 1.47 bits per heavy atom. The summed E-state index contributed by atoms with van der Waals surface area (Å²) in [6, 6.07) is 1.64. The number of hydrogen-bond donors (Lipinski definition) is 0. The Hall–Kier alpha value is -1.04. The van der Waals surface area contributed by atoms with E-state index in [9.17, 15) is 18.0 Å². The van der Waals surface area contributed by atoms with E-state index in [1.807, 2.05) is 0 Å². The SMILES string of the molecule is O=C(c1ccsc1)N1CCC[C@@H](C(F)(F)F)C1.